The van der Waals surface area contributed by atoms with Crippen molar-refractivity contribution in [1.82, 2.24) is 15.0 Å². The first kappa shape index (κ1) is 13.0. The molecule has 80 valence electrons. The van der Waals surface area contributed by atoms with Gasteiger partial charge in [0.1, 0.15) is 17.5 Å². The Hall–Kier alpha value is -0.990. The van der Waals surface area contributed by atoms with Crippen LogP contribution in [0.3, 0.4) is 0 Å². The van der Waals surface area contributed by atoms with Gasteiger partial charge in [-0.3, -0.25) is 0 Å². The van der Waals surface area contributed by atoms with Crippen LogP contribution in [0.25, 0.3) is 0 Å². The molecule has 0 spiro atoms. The van der Waals surface area contributed by atoms with Gasteiger partial charge in [-0.15, -0.1) is 0 Å². The predicted octanol–water partition coefficient (Wildman–Crippen LogP) is 2.59. The van der Waals surface area contributed by atoms with E-state index in [4.69, 9.17) is 0 Å². The highest BCUT2D eigenvalue weighted by Gasteiger charge is 2.01. The Balaban J connectivity index is 0.000000791. The molecule has 0 aliphatic carbocycles. The average Bonchev–Trinajstić information content (AvgIpc) is 2.30. The molecule has 0 N–H and O–H groups in total. The fourth-order valence-electron chi connectivity index (χ4n) is 0.996. The van der Waals surface area contributed by atoms with Gasteiger partial charge >= 0.3 is 0 Å². The maximum atomic E-state index is 4.30. The number of aryl methyl sites for hydroxylation is 3. The molecule has 3 nitrogen and oxygen atoms in total. The van der Waals surface area contributed by atoms with Gasteiger partial charge in [0.25, 0.3) is 0 Å². The summed E-state index contributed by atoms with van der Waals surface area (Å²) in [5.41, 5.74) is 0. The van der Waals surface area contributed by atoms with E-state index in [0.717, 1.165) is 36.7 Å². The summed E-state index contributed by atoms with van der Waals surface area (Å²) in [4.78, 5) is 12.9. The Morgan fingerprint density at radius 3 is 1.00 bits per heavy atom. The smallest absolute Gasteiger partial charge is 0.132 e. The summed E-state index contributed by atoms with van der Waals surface area (Å²) in [7, 11) is 0. The van der Waals surface area contributed by atoms with E-state index in [1.165, 1.54) is 0 Å². The predicted molar refractivity (Wildman–Crippen MR) is 59.3 cm³/mol. The third-order valence-electron chi connectivity index (χ3n) is 1.72. The minimum absolute atomic E-state index is 0.891. The molecule has 0 amide bonds. The van der Waals surface area contributed by atoms with Crippen molar-refractivity contribution in [3.8, 4) is 0 Å². The number of rotatable bonds is 3. The Morgan fingerprint density at radius 2 is 0.857 bits per heavy atom. The van der Waals surface area contributed by atoms with Crippen LogP contribution in [0, 0.1) is 0 Å². The van der Waals surface area contributed by atoms with Crippen molar-refractivity contribution in [3.05, 3.63) is 17.5 Å². The molecule has 0 aliphatic heterocycles. The maximum Gasteiger partial charge on any atom is 0.132 e. The zero-order valence-electron chi connectivity index (χ0n) is 9.96. The van der Waals surface area contributed by atoms with Crippen molar-refractivity contribution in [3.63, 3.8) is 0 Å². The summed E-state index contributed by atoms with van der Waals surface area (Å²) >= 11 is 0. The standard InChI is InChI=1S/C9H15N3.C2H6/c1-4-7-10-8(5-2)12-9(6-3)11-7;1-2/h4-6H2,1-3H3;1-2H3. The topological polar surface area (TPSA) is 38.7 Å². The van der Waals surface area contributed by atoms with Gasteiger partial charge < -0.3 is 0 Å². The monoisotopic (exact) mass is 195 g/mol. The van der Waals surface area contributed by atoms with Crippen molar-refractivity contribution in [2.75, 3.05) is 0 Å². The second-order valence-corrected chi connectivity index (χ2v) is 2.64. The van der Waals surface area contributed by atoms with Crippen molar-refractivity contribution in [2.45, 2.75) is 53.9 Å². The van der Waals surface area contributed by atoms with Gasteiger partial charge in [0.2, 0.25) is 0 Å². The second kappa shape index (κ2) is 7.42. The van der Waals surface area contributed by atoms with Crippen LogP contribution in [-0.4, -0.2) is 15.0 Å². The van der Waals surface area contributed by atoms with Crippen LogP contribution < -0.4 is 0 Å². The Labute approximate surface area is 87.0 Å². The fourth-order valence-corrected chi connectivity index (χ4v) is 0.996. The highest BCUT2D eigenvalue weighted by molar-refractivity contribution is 4.97. The van der Waals surface area contributed by atoms with Crippen LogP contribution in [0.1, 0.15) is 52.1 Å². The first-order chi connectivity index (χ1) is 6.80. The summed E-state index contributed by atoms with van der Waals surface area (Å²) in [5.74, 6) is 2.75. The number of nitrogens with zero attached hydrogens (tertiary/aromatic N) is 3. The Morgan fingerprint density at radius 1 is 0.643 bits per heavy atom. The zero-order valence-corrected chi connectivity index (χ0v) is 9.96. The van der Waals surface area contributed by atoms with E-state index in [9.17, 15) is 0 Å². The van der Waals surface area contributed by atoms with E-state index in [1.807, 2.05) is 13.8 Å². The van der Waals surface area contributed by atoms with Gasteiger partial charge in [-0.1, -0.05) is 34.6 Å². The van der Waals surface area contributed by atoms with Gasteiger partial charge in [-0.2, -0.15) is 0 Å². The van der Waals surface area contributed by atoms with Crippen LogP contribution in [-0.2, 0) is 19.3 Å². The molecule has 0 saturated heterocycles. The lowest BCUT2D eigenvalue weighted by Crippen LogP contribution is -2.05. The normalized spacial score (nSPS) is 9.21. The third kappa shape index (κ3) is 3.81. The summed E-state index contributed by atoms with van der Waals surface area (Å²) in [6.07, 6.45) is 2.67. The van der Waals surface area contributed by atoms with Crippen LogP contribution in [0.4, 0.5) is 0 Å². The lowest BCUT2D eigenvalue weighted by molar-refractivity contribution is 0.772. The van der Waals surface area contributed by atoms with Crippen LogP contribution >= 0.6 is 0 Å². The van der Waals surface area contributed by atoms with E-state index in [1.54, 1.807) is 0 Å². The Kier molecular flexibility index (Phi) is 6.89. The lowest BCUT2D eigenvalue weighted by Gasteiger charge is -2.01. The van der Waals surface area contributed by atoms with E-state index in [0.29, 0.717) is 0 Å². The summed E-state index contributed by atoms with van der Waals surface area (Å²) in [5, 5.41) is 0. The number of hydrogen-bond acceptors (Lipinski definition) is 3. The van der Waals surface area contributed by atoms with E-state index >= 15 is 0 Å². The molecule has 3 heteroatoms. The van der Waals surface area contributed by atoms with Crippen LogP contribution in [0.15, 0.2) is 0 Å². The number of aromatic nitrogens is 3. The summed E-state index contributed by atoms with van der Waals surface area (Å²) in [6, 6.07) is 0. The molecule has 1 heterocycles. The molecule has 1 aromatic rings. The van der Waals surface area contributed by atoms with Gasteiger partial charge in [0, 0.05) is 19.3 Å². The zero-order chi connectivity index (χ0) is 11.0. The van der Waals surface area contributed by atoms with Gasteiger partial charge in [-0.05, 0) is 0 Å². The molecule has 0 bridgehead atoms. The second-order valence-electron chi connectivity index (χ2n) is 2.64. The highest BCUT2D eigenvalue weighted by Crippen LogP contribution is 1.98. The molecular formula is C11H21N3. The lowest BCUT2D eigenvalue weighted by atomic mass is 10.3. The SMILES string of the molecule is CC.CCc1nc(CC)nc(CC)n1. The molecule has 0 aromatic carbocycles. The third-order valence-corrected chi connectivity index (χ3v) is 1.72. The van der Waals surface area contributed by atoms with Crippen LogP contribution in [0.2, 0.25) is 0 Å². The fraction of sp³-hybridized carbons (Fsp3) is 0.727. The molecule has 1 rings (SSSR count). The Bertz CT molecular complexity index is 203. The molecule has 0 radical (unpaired) electrons. The highest BCUT2D eigenvalue weighted by atomic mass is 15.0. The van der Waals surface area contributed by atoms with Crippen molar-refractivity contribution >= 4 is 0 Å². The van der Waals surface area contributed by atoms with E-state index in [-0.39, 0.29) is 0 Å². The van der Waals surface area contributed by atoms with Gasteiger partial charge in [0.15, 0.2) is 0 Å². The largest absolute Gasteiger partial charge is 0.218 e. The van der Waals surface area contributed by atoms with Crippen molar-refractivity contribution in [1.29, 1.82) is 0 Å². The van der Waals surface area contributed by atoms with E-state index < -0.39 is 0 Å². The molecule has 0 fully saturated rings. The first-order valence-electron chi connectivity index (χ1n) is 5.52. The summed E-state index contributed by atoms with van der Waals surface area (Å²) < 4.78 is 0. The number of hydrogen-bond donors (Lipinski definition) is 0. The van der Waals surface area contributed by atoms with Crippen molar-refractivity contribution < 1.29 is 0 Å². The summed E-state index contributed by atoms with van der Waals surface area (Å²) in [6.45, 7) is 10.2. The maximum absolute atomic E-state index is 4.30. The van der Waals surface area contributed by atoms with Crippen molar-refractivity contribution in [2.24, 2.45) is 0 Å². The molecule has 0 unspecified atom stereocenters. The first-order valence-corrected chi connectivity index (χ1v) is 5.52. The molecule has 1 aromatic heterocycles. The molecule has 0 atom stereocenters. The molecule has 14 heavy (non-hydrogen) atoms. The van der Waals surface area contributed by atoms with E-state index in [2.05, 4.69) is 35.7 Å². The van der Waals surface area contributed by atoms with Crippen LogP contribution in [0.5, 0.6) is 0 Å². The minimum Gasteiger partial charge on any atom is -0.218 e. The molecule has 0 saturated carbocycles. The molecular weight excluding hydrogens is 174 g/mol. The average molecular weight is 195 g/mol. The minimum atomic E-state index is 0.891. The quantitative estimate of drug-likeness (QED) is 0.744. The van der Waals surface area contributed by atoms with Gasteiger partial charge in [-0.25, -0.2) is 15.0 Å². The van der Waals surface area contributed by atoms with Gasteiger partial charge in [0.05, 0.1) is 0 Å². The molecule has 0 aliphatic rings.